The molecule has 0 fully saturated rings. The average molecular weight is 247 g/mol. The van der Waals surface area contributed by atoms with Crippen molar-refractivity contribution in [2.45, 2.75) is 6.42 Å². The van der Waals surface area contributed by atoms with Crippen LogP contribution in [-0.4, -0.2) is 24.7 Å². The van der Waals surface area contributed by atoms with Gasteiger partial charge in [-0.1, -0.05) is 30.3 Å². The van der Waals surface area contributed by atoms with Gasteiger partial charge in [-0.15, -0.1) is 0 Å². The first-order valence-corrected chi connectivity index (χ1v) is 5.50. The highest BCUT2D eigenvalue weighted by atomic mass is 16.6. The first kappa shape index (κ1) is 12.2. The van der Waals surface area contributed by atoms with Crippen molar-refractivity contribution < 1.29 is 18.7 Å². The van der Waals surface area contributed by atoms with Crippen LogP contribution in [0.3, 0.4) is 0 Å². The number of benzene rings is 1. The molecule has 5 nitrogen and oxygen atoms in total. The van der Waals surface area contributed by atoms with Crippen LogP contribution in [0, 0.1) is 0 Å². The Morgan fingerprint density at radius 1 is 1.33 bits per heavy atom. The van der Waals surface area contributed by atoms with E-state index < -0.39 is 0 Å². The summed E-state index contributed by atoms with van der Waals surface area (Å²) in [6, 6.07) is 9.58. The Kier molecular flexibility index (Phi) is 3.96. The van der Waals surface area contributed by atoms with E-state index in [0.29, 0.717) is 5.76 Å². The SMILES string of the molecule is COC(=O)CCOc1ncc(-c2ccccc2)o1. The van der Waals surface area contributed by atoms with Crippen molar-refractivity contribution >= 4 is 5.97 Å². The maximum absolute atomic E-state index is 10.9. The topological polar surface area (TPSA) is 61.6 Å². The molecule has 0 aliphatic carbocycles. The zero-order valence-electron chi connectivity index (χ0n) is 9.96. The van der Waals surface area contributed by atoms with Gasteiger partial charge < -0.3 is 13.9 Å². The zero-order valence-corrected chi connectivity index (χ0v) is 9.96. The Bertz CT molecular complexity index is 507. The summed E-state index contributed by atoms with van der Waals surface area (Å²) < 4.78 is 15.1. The Morgan fingerprint density at radius 3 is 2.83 bits per heavy atom. The lowest BCUT2D eigenvalue weighted by atomic mass is 10.2. The van der Waals surface area contributed by atoms with Crippen LogP contribution in [0.5, 0.6) is 6.08 Å². The molecule has 0 radical (unpaired) electrons. The number of hydrogen-bond donors (Lipinski definition) is 0. The second-order valence-corrected chi connectivity index (χ2v) is 3.53. The van der Waals surface area contributed by atoms with Crippen molar-refractivity contribution in [3.8, 4) is 17.4 Å². The van der Waals surface area contributed by atoms with E-state index in [1.165, 1.54) is 7.11 Å². The van der Waals surface area contributed by atoms with Crippen LogP contribution < -0.4 is 4.74 Å². The predicted molar refractivity (Wildman–Crippen MR) is 64.1 cm³/mol. The van der Waals surface area contributed by atoms with Gasteiger partial charge in [0.25, 0.3) is 0 Å². The maximum Gasteiger partial charge on any atom is 0.394 e. The molecule has 2 aromatic rings. The lowest BCUT2D eigenvalue weighted by Crippen LogP contribution is -2.07. The zero-order chi connectivity index (χ0) is 12.8. The van der Waals surface area contributed by atoms with Crippen LogP contribution in [-0.2, 0) is 9.53 Å². The first-order valence-electron chi connectivity index (χ1n) is 5.50. The number of carbonyl (C=O) groups excluding carboxylic acids is 1. The van der Waals surface area contributed by atoms with E-state index in [9.17, 15) is 4.79 Å². The molecule has 0 saturated carbocycles. The second-order valence-electron chi connectivity index (χ2n) is 3.53. The van der Waals surface area contributed by atoms with Gasteiger partial charge >= 0.3 is 12.0 Å². The van der Waals surface area contributed by atoms with E-state index in [1.807, 2.05) is 30.3 Å². The molecule has 1 heterocycles. The quantitative estimate of drug-likeness (QED) is 0.758. The number of methoxy groups -OCH3 is 1. The van der Waals surface area contributed by atoms with Gasteiger partial charge in [0.05, 0.1) is 19.7 Å². The molecule has 2 rings (SSSR count). The Morgan fingerprint density at radius 2 is 2.11 bits per heavy atom. The van der Waals surface area contributed by atoms with Crippen LogP contribution in [0.15, 0.2) is 40.9 Å². The van der Waals surface area contributed by atoms with E-state index in [0.717, 1.165) is 5.56 Å². The molecule has 94 valence electrons. The van der Waals surface area contributed by atoms with Crippen molar-refractivity contribution in [3.05, 3.63) is 36.5 Å². The van der Waals surface area contributed by atoms with E-state index in [4.69, 9.17) is 9.15 Å². The van der Waals surface area contributed by atoms with Crippen molar-refractivity contribution in [1.29, 1.82) is 0 Å². The molecular formula is C13H13NO4. The Balaban J connectivity index is 1.93. The third-order valence-corrected chi connectivity index (χ3v) is 2.30. The van der Waals surface area contributed by atoms with Crippen LogP contribution >= 0.6 is 0 Å². The summed E-state index contributed by atoms with van der Waals surface area (Å²) in [5.41, 5.74) is 0.924. The second kappa shape index (κ2) is 5.86. The molecular weight excluding hydrogens is 234 g/mol. The molecule has 18 heavy (non-hydrogen) atoms. The molecule has 0 aliphatic heterocycles. The Hall–Kier alpha value is -2.30. The lowest BCUT2D eigenvalue weighted by Gasteiger charge is -2.00. The number of aromatic nitrogens is 1. The molecule has 0 atom stereocenters. The minimum Gasteiger partial charge on any atom is -0.469 e. The summed E-state index contributed by atoms with van der Waals surface area (Å²) in [6.45, 7) is 0.182. The molecule has 0 aliphatic rings. The highest BCUT2D eigenvalue weighted by molar-refractivity contribution is 5.69. The number of ether oxygens (including phenoxy) is 2. The van der Waals surface area contributed by atoms with Gasteiger partial charge in [-0.25, -0.2) is 0 Å². The van der Waals surface area contributed by atoms with Gasteiger partial charge in [-0.05, 0) is 0 Å². The fourth-order valence-electron chi connectivity index (χ4n) is 1.38. The molecule has 1 aromatic heterocycles. The molecule has 0 spiro atoms. The highest BCUT2D eigenvalue weighted by Crippen LogP contribution is 2.23. The molecule has 0 saturated heterocycles. The average Bonchev–Trinajstić information content (AvgIpc) is 2.88. The van der Waals surface area contributed by atoms with Gasteiger partial charge in [-0.3, -0.25) is 4.79 Å². The monoisotopic (exact) mass is 247 g/mol. The molecule has 0 unspecified atom stereocenters. The standard InChI is InChI=1S/C13H13NO4/c1-16-12(15)7-8-17-13-14-9-11(18-13)10-5-3-2-4-6-10/h2-6,9H,7-8H2,1H3. The number of esters is 1. The van der Waals surface area contributed by atoms with E-state index in [-0.39, 0.29) is 25.1 Å². The molecule has 5 heteroatoms. The van der Waals surface area contributed by atoms with Gasteiger partial charge in [0.2, 0.25) is 0 Å². The smallest absolute Gasteiger partial charge is 0.394 e. The van der Waals surface area contributed by atoms with Crippen LogP contribution in [0.25, 0.3) is 11.3 Å². The minimum atomic E-state index is -0.329. The van der Waals surface area contributed by atoms with Crippen LogP contribution in [0.4, 0.5) is 0 Å². The van der Waals surface area contributed by atoms with Crippen molar-refractivity contribution in [2.24, 2.45) is 0 Å². The molecule has 0 amide bonds. The number of hydrogen-bond acceptors (Lipinski definition) is 5. The summed E-state index contributed by atoms with van der Waals surface area (Å²) in [5, 5.41) is 0. The fourth-order valence-corrected chi connectivity index (χ4v) is 1.38. The third-order valence-electron chi connectivity index (χ3n) is 2.30. The minimum absolute atomic E-state index is 0.151. The number of nitrogens with zero attached hydrogens (tertiary/aromatic N) is 1. The lowest BCUT2D eigenvalue weighted by molar-refractivity contribution is -0.141. The van der Waals surface area contributed by atoms with Gasteiger partial charge in [0, 0.05) is 5.56 Å². The number of rotatable bonds is 5. The highest BCUT2D eigenvalue weighted by Gasteiger charge is 2.08. The number of carbonyl (C=O) groups is 1. The van der Waals surface area contributed by atoms with Crippen LogP contribution in [0.1, 0.15) is 6.42 Å². The summed E-state index contributed by atoms with van der Waals surface area (Å²) in [7, 11) is 1.33. The van der Waals surface area contributed by atoms with E-state index >= 15 is 0 Å². The first-order chi connectivity index (χ1) is 8.79. The molecule has 0 bridgehead atoms. The molecule has 0 N–H and O–H groups in total. The summed E-state index contributed by atoms with van der Waals surface area (Å²) >= 11 is 0. The summed E-state index contributed by atoms with van der Waals surface area (Å²) in [6.07, 6.45) is 1.90. The van der Waals surface area contributed by atoms with E-state index in [1.54, 1.807) is 6.20 Å². The maximum atomic E-state index is 10.9. The largest absolute Gasteiger partial charge is 0.469 e. The van der Waals surface area contributed by atoms with Crippen molar-refractivity contribution in [3.63, 3.8) is 0 Å². The summed E-state index contributed by atoms with van der Waals surface area (Å²) in [4.78, 5) is 14.8. The number of oxazole rings is 1. The third kappa shape index (κ3) is 3.10. The fraction of sp³-hybridized carbons (Fsp3) is 0.231. The normalized spacial score (nSPS) is 10.1. The van der Waals surface area contributed by atoms with E-state index in [2.05, 4.69) is 9.72 Å². The van der Waals surface area contributed by atoms with Crippen LogP contribution in [0.2, 0.25) is 0 Å². The van der Waals surface area contributed by atoms with Gasteiger partial charge in [0.1, 0.15) is 6.61 Å². The van der Waals surface area contributed by atoms with Crippen molar-refractivity contribution in [1.82, 2.24) is 4.98 Å². The van der Waals surface area contributed by atoms with Gasteiger partial charge in [-0.2, -0.15) is 4.98 Å². The Labute approximate surface area is 104 Å². The summed E-state index contributed by atoms with van der Waals surface area (Å²) in [5.74, 6) is 0.300. The molecule has 1 aromatic carbocycles. The van der Waals surface area contributed by atoms with Crippen molar-refractivity contribution in [2.75, 3.05) is 13.7 Å². The predicted octanol–water partition coefficient (Wildman–Crippen LogP) is 2.28. The van der Waals surface area contributed by atoms with Gasteiger partial charge in [0.15, 0.2) is 5.76 Å².